The van der Waals surface area contributed by atoms with Crippen LogP contribution in [0.5, 0.6) is 0 Å². The molecule has 5 heteroatoms. The maximum Gasteiger partial charge on any atom is 0.230 e. The zero-order valence-electron chi connectivity index (χ0n) is 14.1. The average molecular weight is 325 g/mol. The van der Waals surface area contributed by atoms with Crippen molar-refractivity contribution in [1.29, 1.82) is 0 Å². The van der Waals surface area contributed by atoms with Gasteiger partial charge in [0.1, 0.15) is 0 Å². The van der Waals surface area contributed by atoms with E-state index in [0.29, 0.717) is 11.7 Å². The minimum absolute atomic E-state index is 0.0390. The van der Waals surface area contributed by atoms with E-state index in [4.69, 9.17) is 4.52 Å². The maximum absolute atomic E-state index is 13.0. The number of amides is 1. The molecule has 0 radical (unpaired) electrons. The molecule has 0 N–H and O–H groups in total. The van der Waals surface area contributed by atoms with Crippen molar-refractivity contribution >= 4 is 5.91 Å². The van der Waals surface area contributed by atoms with Crippen LogP contribution in [0.4, 0.5) is 0 Å². The second kappa shape index (κ2) is 6.38. The monoisotopic (exact) mass is 325 g/mol. The van der Waals surface area contributed by atoms with Crippen molar-refractivity contribution in [2.75, 3.05) is 13.1 Å². The van der Waals surface area contributed by atoms with Gasteiger partial charge in [-0.1, -0.05) is 29.4 Å². The van der Waals surface area contributed by atoms with E-state index in [2.05, 4.69) is 34.4 Å². The maximum atomic E-state index is 13.0. The van der Waals surface area contributed by atoms with Gasteiger partial charge in [-0.05, 0) is 50.2 Å². The molecule has 2 aliphatic rings. The summed E-state index contributed by atoms with van der Waals surface area (Å²) in [4.78, 5) is 19.4. The Kier molecular flexibility index (Phi) is 4.08. The van der Waals surface area contributed by atoms with Gasteiger partial charge in [-0.2, -0.15) is 4.98 Å². The number of hydrogen-bond acceptors (Lipinski definition) is 4. The normalized spacial score (nSPS) is 21.5. The minimum atomic E-state index is 0.0390. The summed E-state index contributed by atoms with van der Waals surface area (Å²) < 4.78 is 5.30. The van der Waals surface area contributed by atoms with Gasteiger partial charge in [-0.3, -0.25) is 4.79 Å². The smallest absolute Gasteiger partial charge is 0.230 e. The number of benzene rings is 1. The second-order valence-electron chi connectivity index (χ2n) is 6.92. The fourth-order valence-electron chi connectivity index (χ4n) is 4.06. The van der Waals surface area contributed by atoms with Crippen molar-refractivity contribution in [3.05, 3.63) is 47.1 Å². The van der Waals surface area contributed by atoms with Crippen LogP contribution >= 0.6 is 0 Å². The molecular formula is C19H23N3O2. The summed E-state index contributed by atoms with van der Waals surface area (Å²) >= 11 is 0. The Balaban J connectivity index is 1.44. The molecule has 0 bridgehead atoms. The molecule has 2 aromatic rings. The van der Waals surface area contributed by atoms with Gasteiger partial charge >= 0.3 is 0 Å². The van der Waals surface area contributed by atoms with Crippen molar-refractivity contribution in [3.63, 3.8) is 0 Å². The predicted molar refractivity (Wildman–Crippen MR) is 89.7 cm³/mol. The van der Waals surface area contributed by atoms with Crippen LogP contribution in [-0.4, -0.2) is 34.0 Å². The number of carbonyl (C=O) groups is 1. The highest BCUT2D eigenvalue weighted by Gasteiger charge is 2.33. The highest BCUT2D eigenvalue weighted by atomic mass is 16.5. The molecule has 1 atom stereocenters. The van der Waals surface area contributed by atoms with E-state index >= 15 is 0 Å². The number of fused-ring (bicyclic) bond motifs is 1. The van der Waals surface area contributed by atoms with Crippen LogP contribution in [0.25, 0.3) is 0 Å². The molecule has 5 nitrogen and oxygen atoms in total. The van der Waals surface area contributed by atoms with E-state index < -0.39 is 0 Å². The van der Waals surface area contributed by atoms with E-state index in [1.807, 2.05) is 11.8 Å². The lowest BCUT2D eigenvalue weighted by Crippen LogP contribution is -2.41. The fraction of sp³-hybridized carbons (Fsp3) is 0.526. The third-order valence-corrected chi connectivity index (χ3v) is 5.37. The van der Waals surface area contributed by atoms with Crippen LogP contribution in [-0.2, 0) is 11.2 Å². The lowest BCUT2D eigenvalue weighted by Gasteiger charge is -2.35. The number of hydrogen-bond donors (Lipinski definition) is 0. The summed E-state index contributed by atoms with van der Waals surface area (Å²) in [6.07, 6.45) is 4.98. The van der Waals surface area contributed by atoms with Gasteiger partial charge in [0.2, 0.25) is 11.8 Å². The molecule has 1 amide bonds. The molecule has 1 aliphatic heterocycles. The predicted octanol–water partition coefficient (Wildman–Crippen LogP) is 3.20. The van der Waals surface area contributed by atoms with Crippen molar-refractivity contribution in [1.82, 2.24) is 15.0 Å². The molecule has 1 aliphatic carbocycles. The first-order chi connectivity index (χ1) is 11.7. The zero-order chi connectivity index (χ0) is 16.5. The Morgan fingerprint density at radius 3 is 2.75 bits per heavy atom. The van der Waals surface area contributed by atoms with Gasteiger partial charge in [0.25, 0.3) is 0 Å². The van der Waals surface area contributed by atoms with Crippen molar-refractivity contribution in [3.8, 4) is 0 Å². The van der Waals surface area contributed by atoms with Crippen LogP contribution in [0.3, 0.4) is 0 Å². The third kappa shape index (κ3) is 2.83. The molecule has 1 saturated heterocycles. The largest absolute Gasteiger partial charge is 0.342 e. The number of rotatable bonds is 2. The van der Waals surface area contributed by atoms with Crippen molar-refractivity contribution < 1.29 is 9.32 Å². The van der Waals surface area contributed by atoms with E-state index in [-0.39, 0.29) is 11.8 Å². The summed E-state index contributed by atoms with van der Waals surface area (Å²) in [6.45, 7) is 3.40. The van der Waals surface area contributed by atoms with Crippen LogP contribution in [0.15, 0.2) is 28.8 Å². The Hall–Kier alpha value is -2.17. The highest BCUT2D eigenvalue weighted by Crippen LogP contribution is 2.35. The van der Waals surface area contributed by atoms with E-state index in [1.165, 1.54) is 11.1 Å². The van der Waals surface area contributed by atoms with Crippen molar-refractivity contribution in [2.24, 2.45) is 0 Å². The first-order valence-electron chi connectivity index (χ1n) is 8.89. The number of likely N-dealkylation sites (tertiary alicyclic amines) is 1. The Morgan fingerprint density at radius 2 is 2.00 bits per heavy atom. The van der Waals surface area contributed by atoms with E-state index in [9.17, 15) is 4.79 Å². The second-order valence-corrected chi connectivity index (χ2v) is 6.92. The molecule has 1 aromatic carbocycles. The van der Waals surface area contributed by atoms with Gasteiger partial charge < -0.3 is 9.42 Å². The molecule has 0 saturated carbocycles. The van der Waals surface area contributed by atoms with Crippen LogP contribution in [0.1, 0.15) is 60.4 Å². The third-order valence-electron chi connectivity index (χ3n) is 5.37. The Labute approximate surface area is 142 Å². The first kappa shape index (κ1) is 15.4. The molecule has 24 heavy (non-hydrogen) atoms. The van der Waals surface area contributed by atoms with Gasteiger partial charge in [-0.25, -0.2) is 0 Å². The van der Waals surface area contributed by atoms with Crippen molar-refractivity contribution in [2.45, 2.75) is 50.9 Å². The number of aryl methyl sites for hydroxylation is 2. The number of carbonyl (C=O) groups excluding carboxylic acids is 1. The lowest BCUT2D eigenvalue weighted by molar-refractivity contribution is -0.134. The first-order valence-corrected chi connectivity index (χ1v) is 8.89. The quantitative estimate of drug-likeness (QED) is 0.851. The van der Waals surface area contributed by atoms with Gasteiger partial charge in [0, 0.05) is 19.0 Å². The average Bonchev–Trinajstić information content (AvgIpc) is 3.07. The molecular weight excluding hydrogens is 302 g/mol. The van der Waals surface area contributed by atoms with Crippen LogP contribution in [0.2, 0.25) is 0 Å². The Bertz CT molecular complexity index is 732. The fourth-order valence-corrected chi connectivity index (χ4v) is 4.06. The molecule has 2 heterocycles. The number of aromatic nitrogens is 2. The molecule has 0 spiro atoms. The van der Waals surface area contributed by atoms with Gasteiger partial charge in [-0.15, -0.1) is 0 Å². The summed E-state index contributed by atoms with van der Waals surface area (Å²) in [5.41, 5.74) is 2.58. The minimum Gasteiger partial charge on any atom is -0.342 e. The van der Waals surface area contributed by atoms with Crippen LogP contribution in [0, 0.1) is 6.92 Å². The Morgan fingerprint density at radius 1 is 1.21 bits per heavy atom. The summed E-state index contributed by atoms with van der Waals surface area (Å²) in [5, 5.41) is 3.88. The summed E-state index contributed by atoms with van der Waals surface area (Å²) in [6, 6.07) is 8.42. The lowest BCUT2D eigenvalue weighted by atomic mass is 9.81. The van der Waals surface area contributed by atoms with E-state index in [0.717, 1.165) is 51.1 Å². The van der Waals surface area contributed by atoms with E-state index in [1.54, 1.807) is 0 Å². The molecule has 1 unspecified atom stereocenters. The highest BCUT2D eigenvalue weighted by molar-refractivity contribution is 5.84. The van der Waals surface area contributed by atoms with Gasteiger partial charge in [0.05, 0.1) is 5.92 Å². The van der Waals surface area contributed by atoms with Gasteiger partial charge in [0.15, 0.2) is 5.82 Å². The molecule has 126 valence electrons. The molecule has 4 rings (SSSR count). The topological polar surface area (TPSA) is 59.2 Å². The van der Waals surface area contributed by atoms with Crippen LogP contribution < -0.4 is 0 Å². The summed E-state index contributed by atoms with van der Waals surface area (Å²) in [5.74, 6) is 2.03. The number of nitrogens with zero attached hydrogens (tertiary/aromatic N) is 3. The molecule has 1 aromatic heterocycles. The SMILES string of the molecule is Cc1noc(C2CCN(C(=O)C3CCCc4ccccc43)CC2)n1. The number of piperidine rings is 1. The molecule has 1 fully saturated rings. The standard InChI is InChI=1S/C19H23N3O2/c1-13-20-18(24-21-13)15-9-11-22(12-10-15)19(23)17-8-4-6-14-5-2-3-7-16(14)17/h2-3,5,7,15,17H,4,6,8-12H2,1H3. The summed E-state index contributed by atoms with van der Waals surface area (Å²) in [7, 11) is 0. The zero-order valence-corrected chi connectivity index (χ0v) is 14.1.